The van der Waals surface area contributed by atoms with E-state index in [1.807, 2.05) is 13.8 Å². The van der Waals surface area contributed by atoms with Gasteiger partial charge < -0.3 is 16.5 Å². The van der Waals surface area contributed by atoms with E-state index in [-0.39, 0.29) is 34.1 Å². The second-order valence-electron chi connectivity index (χ2n) is 7.61. The van der Waals surface area contributed by atoms with E-state index in [0.29, 0.717) is 12.1 Å². The van der Waals surface area contributed by atoms with Crippen LogP contribution in [0, 0.1) is 5.41 Å². The van der Waals surface area contributed by atoms with Gasteiger partial charge in [0, 0.05) is 17.9 Å². The van der Waals surface area contributed by atoms with E-state index < -0.39 is 17.8 Å². The molecule has 6 N–H and O–H groups in total. The molecule has 2 atom stereocenters. The Balaban J connectivity index is 1.84. The Morgan fingerprint density at radius 3 is 2.39 bits per heavy atom. The molecule has 1 aliphatic rings. The highest BCUT2D eigenvalue weighted by Crippen LogP contribution is 2.47. The van der Waals surface area contributed by atoms with Gasteiger partial charge in [-0.15, -0.1) is 0 Å². The van der Waals surface area contributed by atoms with Crippen molar-refractivity contribution >= 4 is 17.2 Å². The van der Waals surface area contributed by atoms with E-state index in [2.05, 4.69) is 15.3 Å². The number of nitrogens with one attached hydrogen (secondary N) is 2. The summed E-state index contributed by atoms with van der Waals surface area (Å²) < 4.78 is 40.5. The molecule has 0 radical (unpaired) electrons. The lowest BCUT2D eigenvalue weighted by Gasteiger charge is -2.23. The zero-order valence-corrected chi connectivity index (χ0v) is 15.5. The second-order valence-corrected chi connectivity index (χ2v) is 7.61. The van der Waals surface area contributed by atoms with Crippen LogP contribution < -0.4 is 22.3 Å². The molecule has 0 saturated heterocycles. The number of nitrogens with zero attached hydrogens (tertiary/aromatic N) is 1. The van der Waals surface area contributed by atoms with Crippen LogP contribution in [0.1, 0.15) is 37.4 Å². The van der Waals surface area contributed by atoms with Crippen molar-refractivity contribution in [3.8, 4) is 0 Å². The third-order valence-corrected chi connectivity index (χ3v) is 4.93. The van der Waals surface area contributed by atoms with Gasteiger partial charge in [0.25, 0.3) is 5.56 Å². The van der Waals surface area contributed by atoms with Crippen molar-refractivity contribution in [1.29, 1.82) is 0 Å². The molecule has 1 aromatic heterocycles. The van der Waals surface area contributed by atoms with Crippen LogP contribution in [0.25, 0.3) is 0 Å². The summed E-state index contributed by atoms with van der Waals surface area (Å²) in [6.07, 6.45) is -2.34. The zero-order chi connectivity index (χ0) is 20.7. The average Bonchev–Trinajstić information content (AvgIpc) is 3.19. The molecule has 1 aliphatic carbocycles. The van der Waals surface area contributed by atoms with Gasteiger partial charge >= 0.3 is 6.18 Å². The molecule has 6 nitrogen and oxygen atoms in total. The zero-order valence-electron chi connectivity index (χ0n) is 15.5. The summed E-state index contributed by atoms with van der Waals surface area (Å²) in [5, 5.41) is 2.69. The topological polar surface area (TPSA) is 109 Å². The van der Waals surface area contributed by atoms with Crippen molar-refractivity contribution in [2.45, 2.75) is 38.5 Å². The number of alkyl halides is 3. The van der Waals surface area contributed by atoms with E-state index in [4.69, 9.17) is 11.5 Å². The first-order valence-corrected chi connectivity index (χ1v) is 8.73. The number of H-pyrrole nitrogens is 1. The molecule has 2 aromatic rings. The molecule has 0 bridgehead atoms. The normalized spacial score (nSPS) is 20.0. The van der Waals surface area contributed by atoms with E-state index in [9.17, 15) is 18.0 Å². The quantitative estimate of drug-likeness (QED) is 0.462. The highest BCUT2D eigenvalue weighted by Gasteiger charge is 2.51. The van der Waals surface area contributed by atoms with E-state index in [1.54, 1.807) is 0 Å². The number of halogens is 3. The molecule has 3 rings (SSSR count). The van der Waals surface area contributed by atoms with Crippen molar-refractivity contribution in [2.75, 3.05) is 5.73 Å². The lowest BCUT2D eigenvalue weighted by atomic mass is 10.0. The van der Waals surface area contributed by atoms with Gasteiger partial charge in [-0.3, -0.25) is 10.1 Å². The Labute approximate surface area is 159 Å². The Kier molecular flexibility index (Phi) is 4.97. The molecule has 2 unspecified atom stereocenters. The molecule has 0 aliphatic heterocycles. The number of pyridine rings is 1. The molecule has 1 saturated carbocycles. The Morgan fingerprint density at radius 2 is 1.89 bits per heavy atom. The molecule has 0 spiro atoms. The number of benzene rings is 1. The minimum atomic E-state index is -4.42. The fourth-order valence-electron chi connectivity index (χ4n) is 3.03. The first-order chi connectivity index (χ1) is 13.0. The number of nitrogen functional groups attached to an aromatic ring is 1. The van der Waals surface area contributed by atoms with Gasteiger partial charge in [-0.25, -0.2) is 4.99 Å². The molecule has 0 amide bonds. The fourth-order valence-corrected chi connectivity index (χ4v) is 3.03. The molecule has 1 fully saturated rings. The van der Waals surface area contributed by atoms with E-state index in [1.165, 1.54) is 36.5 Å². The van der Waals surface area contributed by atoms with Crippen LogP contribution in [0.5, 0.6) is 0 Å². The van der Waals surface area contributed by atoms with Crippen LogP contribution >= 0.6 is 0 Å². The monoisotopic (exact) mass is 393 g/mol. The number of hydrogen-bond donors (Lipinski definition) is 4. The highest BCUT2D eigenvalue weighted by atomic mass is 19.4. The number of nitrogens with two attached hydrogens (primary N) is 2. The number of aliphatic imine (C=N–C) groups is 1. The third-order valence-electron chi connectivity index (χ3n) is 4.93. The number of anilines is 1. The van der Waals surface area contributed by atoms with Crippen molar-refractivity contribution in [2.24, 2.45) is 16.1 Å². The number of rotatable bonds is 5. The van der Waals surface area contributed by atoms with E-state index in [0.717, 1.165) is 0 Å². The van der Waals surface area contributed by atoms with Crippen LogP contribution in [0.4, 0.5) is 24.5 Å². The third kappa shape index (κ3) is 4.19. The van der Waals surface area contributed by atoms with Crippen molar-refractivity contribution < 1.29 is 13.2 Å². The Bertz CT molecular complexity index is 947. The molecular formula is C19H22F3N5O. The van der Waals surface area contributed by atoms with Crippen molar-refractivity contribution in [1.82, 2.24) is 10.3 Å². The van der Waals surface area contributed by atoms with Gasteiger partial charge in [-0.05, 0) is 35.6 Å². The maximum atomic E-state index is 13.5. The number of aromatic amines is 1. The smallest absolute Gasteiger partial charge is 0.398 e. The molecule has 150 valence electrons. The van der Waals surface area contributed by atoms with Crippen LogP contribution in [-0.4, -0.2) is 23.0 Å². The van der Waals surface area contributed by atoms with Gasteiger partial charge in [0.05, 0.1) is 5.69 Å². The van der Waals surface area contributed by atoms with Gasteiger partial charge in [-0.1, -0.05) is 26.0 Å². The summed E-state index contributed by atoms with van der Waals surface area (Å²) in [6, 6.07) is 5.09. The second kappa shape index (κ2) is 6.97. The van der Waals surface area contributed by atoms with E-state index >= 15 is 0 Å². The first kappa shape index (κ1) is 19.9. The molecule has 28 heavy (non-hydrogen) atoms. The minimum absolute atomic E-state index is 0.0253. The molecule has 1 heterocycles. The molecular weight excluding hydrogens is 371 g/mol. The summed E-state index contributed by atoms with van der Waals surface area (Å²) in [4.78, 5) is 18.4. The summed E-state index contributed by atoms with van der Waals surface area (Å²) in [7, 11) is 0. The highest BCUT2D eigenvalue weighted by molar-refractivity contribution is 6.02. The lowest BCUT2D eigenvalue weighted by molar-refractivity contribution is -0.158. The van der Waals surface area contributed by atoms with Crippen LogP contribution in [0.15, 0.2) is 46.3 Å². The summed E-state index contributed by atoms with van der Waals surface area (Å²) in [5.74, 6) is -0.114. The summed E-state index contributed by atoms with van der Waals surface area (Å²) in [5.41, 5.74) is 11.6. The fraction of sp³-hybridized carbons (Fsp3) is 0.368. The number of amidine groups is 1. The first-order valence-electron chi connectivity index (χ1n) is 8.73. The van der Waals surface area contributed by atoms with Gasteiger partial charge in [0.2, 0.25) is 0 Å². The predicted molar refractivity (Wildman–Crippen MR) is 102 cm³/mol. The molecule has 1 aromatic carbocycles. The average molecular weight is 393 g/mol. The largest absolute Gasteiger partial charge is 0.407 e. The van der Waals surface area contributed by atoms with Gasteiger partial charge in [-0.2, -0.15) is 13.2 Å². The SMILES string of the molecule is CC1(C)CC1NC(c1ccc(N=C(N)c2c(N)cc[nH]c2=O)cc1)C(F)(F)F. The summed E-state index contributed by atoms with van der Waals surface area (Å²) in [6.45, 7) is 3.85. The number of aromatic nitrogens is 1. The van der Waals surface area contributed by atoms with Gasteiger partial charge in [0.15, 0.2) is 0 Å². The predicted octanol–water partition coefficient (Wildman–Crippen LogP) is 2.99. The Morgan fingerprint density at radius 1 is 1.29 bits per heavy atom. The number of hydrogen-bond acceptors (Lipinski definition) is 4. The Hall–Kier alpha value is -2.81. The van der Waals surface area contributed by atoms with Crippen LogP contribution in [0.2, 0.25) is 0 Å². The van der Waals surface area contributed by atoms with Crippen molar-refractivity contribution in [3.63, 3.8) is 0 Å². The van der Waals surface area contributed by atoms with Crippen molar-refractivity contribution in [3.05, 3.63) is 58.0 Å². The van der Waals surface area contributed by atoms with Crippen LogP contribution in [-0.2, 0) is 0 Å². The maximum absolute atomic E-state index is 13.5. The standard InChI is InChI=1S/C19H22F3N5O/c1-18(2)9-13(18)27-15(19(20,21)22)10-3-5-11(6-4-10)26-16(24)14-12(23)7-8-25-17(14)28/h3-8,13,15,27H,9H2,1-2H3,(H2,24,26)(H3,23,25,28). The van der Waals surface area contributed by atoms with Gasteiger partial charge in [0.1, 0.15) is 17.4 Å². The molecule has 9 heteroatoms. The minimum Gasteiger partial charge on any atom is -0.398 e. The maximum Gasteiger partial charge on any atom is 0.407 e. The lowest BCUT2D eigenvalue weighted by Crippen LogP contribution is -2.36. The van der Waals surface area contributed by atoms with Crippen LogP contribution in [0.3, 0.4) is 0 Å². The summed E-state index contributed by atoms with van der Waals surface area (Å²) >= 11 is 0.